The molecule has 10 nitrogen and oxygen atoms in total. The van der Waals surface area contributed by atoms with Gasteiger partial charge in [0.25, 0.3) is 11.4 Å². The van der Waals surface area contributed by atoms with Crippen LogP contribution in [-0.2, 0) is 0 Å². The summed E-state index contributed by atoms with van der Waals surface area (Å²) in [6, 6.07) is 9.07. The summed E-state index contributed by atoms with van der Waals surface area (Å²) in [7, 11) is 0. The van der Waals surface area contributed by atoms with E-state index >= 15 is 0 Å². The van der Waals surface area contributed by atoms with Crippen LogP contribution >= 0.6 is 0 Å². The molecule has 1 aliphatic heterocycles. The van der Waals surface area contributed by atoms with Crippen LogP contribution in [0.1, 0.15) is 5.56 Å². The minimum absolute atomic E-state index is 0.280. The molecular formula is C16H14N6O4. The Labute approximate surface area is 148 Å². The van der Waals surface area contributed by atoms with Gasteiger partial charge in [-0.1, -0.05) is 0 Å². The maximum Gasteiger partial charge on any atom is 0.299 e. The minimum atomic E-state index is -0.650. The highest BCUT2D eigenvalue weighted by Gasteiger charge is 2.26. The minimum Gasteiger partial charge on any atom is -0.362 e. The fraction of sp³-hybridized carbons (Fsp3) is 0.250. The van der Waals surface area contributed by atoms with Gasteiger partial charge in [0.1, 0.15) is 11.5 Å². The summed E-state index contributed by atoms with van der Waals surface area (Å²) >= 11 is 0. The van der Waals surface area contributed by atoms with E-state index in [0.717, 1.165) is 6.07 Å². The number of nitrogens with zero attached hydrogens (tertiary/aromatic N) is 6. The van der Waals surface area contributed by atoms with Crippen molar-refractivity contribution in [3.05, 3.63) is 62.3 Å². The van der Waals surface area contributed by atoms with E-state index in [1.165, 1.54) is 12.1 Å². The zero-order valence-electron chi connectivity index (χ0n) is 13.6. The third kappa shape index (κ3) is 3.36. The number of nitro benzene ring substituents is 2. The van der Waals surface area contributed by atoms with Crippen molar-refractivity contribution in [1.82, 2.24) is 4.98 Å². The number of nitro groups is 2. The third-order valence-corrected chi connectivity index (χ3v) is 4.19. The maximum absolute atomic E-state index is 11.3. The molecule has 0 aliphatic carbocycles. The molecule has 1 aromatic carbocycles. The van der Waals surface area contributed by atoms with Crippen LogP contribution < -0.4 is 9.80 Å². The highest BCUT2D eigenvalue weighted by atomic mass is 16.6. The standard InChI is InChI=1S/C16H14N6O4/c17-11-12-3-4-18-16(9-12)20-7-5-19(6-8-20)14-2-1-13(21(23)24)10-15(14)22(25)26/h1-4,9-10H,5-8H2. The lowest BCUT2D eigenvalue weighted by Crippen LogP contribution is -2.47. The first kappa shape index (κ1) is 17.1. The zero-order valence-corrected chi connectivity index (χ0v) is 13.6. The number of non-ortho nitro benzene ring substituents is 1. The number of anilines is 2. The fourth-order valence-corrected chi connectivity index (χ4v) is 2.88. The van der Waals surface area contributed by atoms with Crippen molar-refractivity contribution in [2.75, 3.05) is 36.0 Å². The Morgan fingerprint density at radius 2 is 1.69 bits per heavy atom. The number of rotatable bonds is 4. The van der Waals surface area contributed by atoms with E-state index < -0.39 is 9.85 Å². The van der Waals surface area contributed by atoms with E-state index in [1.807, 2.05) is 9.80 Å². The Morgan fingerprint density at radius 3 is 2.31 bits per heavy atom. The predicted octanol–water partition coefficient (Wildman–Crippen LogP) is 2.10. The zero-order chi connectivity index (χ0) is 18.7. The molecule has 0 saturated carbocycles. The molecule has 3 rings (SSSR count). The summed E-state index contributed by atoms with van der Waals surface area (Å²) in [5.41, 5.74) is 0.288. The first-order chi connectivity index (χ1) is 12.5. The molecule has 2 aromatic rings. The molecule has 1 aromatic heterocycles. The Kier molecular flexibility index (Phi) is 4.62. The molecular weight excluding hydrogens is 340 g/mol. The van der Waals surface area contributed by atoms with Crippen LogP contribution in [0.5, 0.6) is 0 Å². The van der Waals surface area contributed by atoms with Crippen molar-refractivity contribution in [3.63, 3.8) is 0 Å². The Morgan fingerprint density at radius 1 is 1.00 bits per heavy atom. The van der Waals surface area contributed by atoms with Crippen molar-refractivity contribution >= 4 is 22.9 Å². The highest BCUT2D eigenvalue weighted by Crippen LogP contribution is 2.32. The number of benzene rings is 1. The molecule has 1 aliphatic rings. The second-order valence-electron chi connectivity index (χ2n) is 5.68. The molecule has 0 N–H and O–H groups in total. The SMILES string of the molecule is N#Cc1ccnc(N2CCN(c3ccc([N+](=O)[O-])cc3[N+](=O)[O-])CC2)c1. The molecule has 1 saturated heterocycles. The van der Waals surface area contributed by atoms with E-state index in [2.05, 4.69) is 11.1 Å². The molecule has 0 spiro atoms. The lowest BCUT2D eigenvalue weighted by atomic mass is 10.2. The number of hydrogen-bond donors (Lipinski definition) is 0. The van der Waals surface area contributed by atoms with Crippen molar-refractivity contribution < 1.29 is 9.85 Å². The summed E-state index contributed by atoms with van der Waals surface area (Å²) in [6.45, 7) is 2.13. The van der Waals surface area contributed by atoms with Crippen molar-refractivity contribution in [2.24, 2.45) is 0 Å². The second-order valence-corrected chi connectivity index (χ2v) is 5.68. The topological polar surface area (TPSA) is 129 Å². The van der Waals surface area contributed by atoms with Gasteiger partial charge in [-0.05, 0) is 18.2 Å². The van der Waals surface area contributed by atoms with Gasteiger partial charge in [-0.15, -0.1) is 0 Å². The summed E-state index contributed by atoms with van der Waals surface area (Å²) in [4.78, 5) is 29.0. The summed E-state index contributed by atoms with van der Waals surface area (Å²) in [6.07, 6.45) is 1.57. The quantitative estimate of drug-likeness (QED) is 0.603. The summed E-state index contributed by atoms with van der Waals surface area (Å²) in [5, 5.41) is 31.1. The van der Waals surface area contributed by atoms with Gasteiger partial charge in [0.2, 0.25) is 0 Å². The maximum atomic E-state index is 11.3. The molecule has 132 valence electrons. The fourth-order valence-electron chi connectivity index (χ4n) is 2.88. The van der Waals surface area contributed by atoms with Crippen molar-refractivity contribution in [1.29, 1.82) is 5.26 Å². The molecule has 26 heavy (non-hydrogen) atoms. The predicted molar refractivity (Wildman–Crippen MR) is 93.1 cm³/mol. The van der Waals surface area contributed by atoms with Crippen LogP contribution in [0.25, 0.3) is 0 Å². The van der Waals surface area contributed by atoms with Gasteiger partial charge < -0.3 is 9.80 Å². The van der Waals surface area contributed by atoms with Crippen LogP contribution in [0.4, 0.5) is 22.9 Å². The monoisotopic (exact) mass is 354 g/mol. The molecule has 2 heterocycles. The first-order valence-electron chi connectivity index (χ1n) is 7.78. The van der Waals surface area contributed by atoms with E-state index in [0.29, 0.717) is 43.2 Å². The second kappa shape index (κ2) is 7.02. The number of piperazine rings is 1. The molecule has 0 atom stereocenters. The largest absolute Gasteiger partial charge is 0.362 e. The van der Waals surface area contributed by atoms with Gasteiger partial charge in [-0.2, -0.15) is 5.26 Å². The van der Waals surface area contributed by atoms with Gasteiger partial charge in [0.05, 0.1) is 27.5 Å². The van der Waals surface area contributed by atoms with Gasteiger partial charge in [-0.25, -0.2) is 4.98 Å². The average molecular weight is 354 g/mol. The van der Waals surface area contributed by atoms with Crippen LogP contribution in [0.2, 0.25) is 0 Å². The Hall–Kier alpha value is -3.74. The van der Waals surface area contributed by atoms with Gasteiger partial charge in [0.15, 0.2) is 0 Å². The van der Waals surface area contributed by atoms with Gasteiger partial charge in [0, 0.05) is 38.4 Å². The van der Waals surface area contributed by atoms with E-state index in [1.54, 1.807) is 18.3 Å². The first-order valence-corrected chi connectivity index (χ1v) is 7.78. The summed E-state index contributed by atoms with van der Waals surface area (Å²) < 4.78 is 0. The van der Waals surface area contributed by atoms with Gasteiger partial charge in [-0.3, -0.25) is 20.2 Å². The molecule has 0 bridgehead atoms. The molecule has 0 unspecified atom stereocenters. The average Bonchev–Trinajstić information content (AvgIpc) is 2.67. The van der Waals surface area contributed by atoms with Crippen LogP contribution in [0, 0.1) is 31.6 Å². The number of hydrogen-bond acceptors (Lipinski definition) is 8. The number of aromatic nitrogens is 1. The van der Waals surface area contributed by atoms with Crippen LogP contribution in [0.3, 0.4) is 0 Å². The molecule has 0 radical (unpaired) electrons. The molecule has 0 amide bonds. The lowest BCUT2D eigenvalue weighted by Gasteiger charge is -2.36. The third-order valence-electron chi connectivity index (χ3n) is 4.19. The van der Waals surface area contributed by atoms with Gasteiger partial charge >= 0.3 is 0 Å². The van der Waals surface area contributed by atoms with E-state index in [-0.39, 0.29) is 11.4 Å². The Balaban J connectivity index is 1.78. The summed E-state index contributed by atoms with van der Waals surface area (Å²) in [5.74, 6) is 0.682. The van der Waals surface area contributed by atoms with E-state index in [9.17, 15) is 20.2 Å². The lowest BCUT2D eigenvalue weighted by molar-refractivity contribution is -0.393. The molecule has 1 fully saturated rings. The Bertz CT molecular complexity index is 902. The van der Waals surface area contributed by atoms with Crippen molar-refractivity contribution in [3.8, 4) is 6.07 Å². The highest BCUT2D eigenvalue weighted by molar-refractivity contribution is 5.67. The molecule has 10 heteroatoms. The number of nitriles is 1. The van der Waals surface area contributed by atoms with Crippen molar-refractivity contribution in [2.45, 2.75) is 0 Å². The van der Waals surface area contributed by atoms with Crippen LogP contribution in [-0.4, -0.2) is 41.0 Å². The van der Waals surface area contributed by atoms with Crippen LogP contribution in [0.15, 0.2) is 36.5 Å². The normalized spacial score (nSPS) is 14.0. The van der Waals surface area contributed by atoms with E-state index in [4.69, 9.17) is 5.26 Å². The smallest absolute Gasteiger partial charge is 0.299 e. The number of pyridine rings is 1.